The molecule has 5 N–H and O–H groups in total. The predicted octanol–water partition coefficient (Wildman–Crippen LogP) is -10.9. The van der Waals surface area contributed by atoms with Crippen molar-refractivity contribution in [2.75, 3.05) is 12.4 Å². The van der Waals surface area contributed by atoms with E-state index in [0.29, 0.717) is 18.2 Å². The fourth-order valence-electron chi connectivity index (χ4n) is 5.75. The van der Waals surface area contributed by atoms with E-state index in [2.05, 4.69) is 45.2 Å². The summed E-state index contributed by atoms with van der Waals surface area (Å²) in [6, 6.07) is 15.4. The van der Waals surface area contributed by atoms with Gasteiger partial charge in [-0.2, -0.15) is 13.5 Å². The molecule has 0 aliphatic carbocycles. The van der Waals surface area contributed by atoms with Gasteiger partial charge in [0.15, 0.2) is 9.84 Å². The van der Waals surface area contributed by atoms with Crippen LogP contribution in [0.5, 0.6) is 0 Å². The van der Waals surface area contributed by atoms with Crippen LogP contribution >= 0.6 is 0 Å². The Kier molecular flexibility index (Phi) is 22.5. The van der Waals surface area contributed by atoms with Crippen LogP contribution in [0.1, 0.15) is 6.92 Å². The molecule has 342 valence electrons. The second-order valence-electron chi connectivity index (χ2n) is 13.1. The van der Waals surface area contributed by atoms with Crippen molar-refractivity contribution < 1.29 is 189 Å². The van der Waals surface area contributed by atoms with Crippen LogP contribution in [0, 0.1) is 0 Å². The summed E-state index contributed by atoms with van der Waals surface area (Å²) in [5.74, 6) is -1.39. The maximum Gasteiger partial charge on any atom is 1.00 e. The molecule has 34 heteroatoms. The van der Waals surface area contributed by atoms with Gasteiger partial charge in [-0.15, -0.1) is 5.11 Å². The van der Waals surface area contributed by atoms with Gasteiger partial charge in [0, 0.05) is 10.8 Å². The number of aromatic amines is 3. The maximum atomic E-state index is 12.6. The quantitative estimate of drug-likeness (QED) is 0.0236. The SMILES string of the molecule is CC([O-])=Nc1cc(N=c2[nH]c(=Nc3cccc(S(=O)(=O)CCO)c3)[nH]c(=Nc3cc(S(=O)(=O)[O-])ccc3S(=O)(=O)[O-])[nH]2)ccc1N=Nc1cc(S(=O)(=O)O)c2cccc(S(=O)(=O)[O-])c2c1.[Na+].[Na+].[Na+].[Na+]. The summed E-state index contributed by atoms with van der Waals surface area (Å²) in [7, 11) is -24.7. The first kappa shape index (κ1) is 62.5. The molecule has 0 atom stereocenters. The van der Waals surface area contributed by atoms with Gasteiger partial charge in [0.05, 0.1) is 60.4 Å². The minimum absolute atomic E-state index is 0. The van der Waals surface area contributed by atoms with Gasteiger partial charge in [0.2, 0.25) is 16.9 Å². The number of aliphatic hydroxyl groups excluding tert-OH is 1. The Morgan fingerprint density at radius 2 is 1.12 bits per heavy atom. The van der Waals surface area contributed by atoms with Crippen molar-refractivity contribution in [2.24, 2.45) is 30.2 Å². The average Bonchev–Trinajstić information content (AvgIpc) is 3.18. The summed E-state index contributed by atoms with van der Waals surface area (Å²) in [5.41, 5.74) is -2.83. The number of H-pyrrole nitrogens is 3. The molecule has 0 radical (unpaired) electrons. The summed E-state index contributed by atoms with van der Waals surface area (Å²) in [4.78, 5) is 20.6. The van der Waals surface area contributed by atoms with Crippen LogP contribution in [0.3, 0.4) is 0 Å². The summed E-state index contributed by atoms with van der Waals surface area (Å²) in [6.07, 6.45) is 0. The van der Waals surface area contributed by atoms with Gasteiger partial charge in [0.1, 0.15) is 40.9 Å². The summed E-state index contributed by atoms with van der Waals surface area (Å²) >= 11 is 0. The van der Waals surface area contributed by atoms with Crippen molar-refractivity contribution in [3.63, 3.8) is 0 Å². The van der Waals surface area contributed by atoms with Gasteiger partial charge >= 0.3 is 118 Å². The van der Waals surface area contributed by atoms with Crippen LogP contribution in [0.25, 0.3) is 10.8 Å². The van der Waals surface area contributed by atoms with E-state index in [0.717, 1.165) is 43.3 Å². The minimum Gasteiger partial charge on any atom is -0.862 e. The molecular formula is C35H27N9Na4O16S5. The first-order valence-electron chi connectivity index (χ1n) is 17.6. The number of aliphatic hydroxyl groups is 1. The monoisotopic (exact) mass is 1080 g/mol. The number of sulfone groups is 1. The second kappa shape index (κ2) is 24.9. The average molecular weight is 1080 g/mol. The molecule has 6 rings (SSSR count). The molecule has 6 aromatic rings. The molecule has 0 saturated carbocycles. The van der Waals surface area contributed by atoms with Crippen molar-refractivity contribution in [2.45, 2.75) is 31.4 Å². The zero-order valence-electron chi connectivity index (χ0n) is 36.4. The van der Waals surface area contributed by atoms with Gasteiger partial charge < -0.3 is 23.9 Å². The number of nitrogens with one attached hydrogen (secondary N) is 3. The Bertz CT molecular complexity index is 3810. The van der Waals surface area contributed by atoms with Gasteiger partial charge in [-0.3, -0.25) is 24.5 Å². The van der Waals surface area contributed by atoms with E-state index < -0.39 is 105 Å². The molecule has 25 nitrogen and oxygen atoms in total. The van der Waals surface area contributed by atoms with E-state index in [-0.39, 0.29) is 168 Å². The molecule has 5 aromatic carbocycles. The zero-order chi connectivity index (χ0) is 47.7. The van der Waals surface area contributed by atoms with E-state index in [1.807, 2.05) is 0 Å². The van der Waals surface area contributed by atoms with Crippen molar-refractivity contribution in [1.82, 2.24) is 15.0 Å². The number of hydrogen-bond acceptors (Lipinski definition) is 21. The third kappa shape index (κ3) is 16.4. The van der Waals surface area contributed by atoms with Gasteiger partial charge in [-0.25, -0.2) is 48.6 Å². The van der Waals surface area contributed by atoms with E-state index in [1.165, 1.54) is 36.4 Å². The van der Waals surface area contributed by atoms with Crippen molar-refractivity contribution in [3.05, 3.63) is 108 Å². The van der Waals surface area contributed by atoms with Crippen LogP contribution < -0.4 is 140 Å². The predicted molar refractivity (Wildman–Crippen MR) is 218 cm³/mol. The van der Waals surface area contributed by atoms with E-state index in [4.69, 9.17) is 0 Å². The third-order valence-electron chi connectivity index (χ3n) is 8.41. The molecule has 1 aromatic heterocycles. The molecule has 0 saturated heterocycles. The molecule has 0 bridgehead atoms. The fourth-order valence-corrected chi connectivity index (χ4v) is 9.31. The van der Waals surface area contributed by atoms with Crippen LogP contribution in [0.15, 0.2) is 146 Å². The Hall–Kier alpha value is -2.61. The topological polar surface area (TPSA) is 425 Å². The molecule has 0 aliphatic heterocycles. The molecule has 0 fully saturated rings. The number of benzene rings is 5. The Morgan fingerprint density at radius 3 is 1.67 bits per heavy atom. The van der Waals surface area contributed by atoms with Crippen LogP contribution in [0.4, 0.5) is 34.1 Å². The molecule has 0 amide bonds. The number of rotatable bonds is 13. The first-order chi connectivity index (χ1) is 30.2. The largest absolute Gasteiger partial charge is 1.00 e. The van der Waals surface area contributed by atoms with E-state index in [1.54, 1.807) is 0 Å². The number of nitrogens with zero attached hydrogens (tertiary/aromatic N) is 6. The summed E-state index contributed by atoms with van der Waals surface area (Å²) in [6.45, 7) is 0.387. The third-order valence-corrected chi connectivity index (χ3v) is 13.6. The molecular weight excluding hydrogens is 1050 g/mol. The molecule has 1 heterocycles. The minimum atomic E-state index is -5.35. The number of aromatic nitrogens is 3. The first-order valence-corrected chi connectivity index (χ1v) is 24.9. The van der Waals surface area contributed by atoms with E-state index >= 15 is 0 Å². The molecule has 0 aliphatic rings. The van der Waals surface area contributed by atoms with E-state index in [9.17, 15) is 70.5 Å². The molecule has 0 unspecified atom stereocenters. The van der Waals surface area contributed by atoms with Crippen LogP contribution in [-0.2, 0) is 50.3 Å². The van der Waals surface area contributed by atoms with Crippen LogP contribution in [-0.4, -0.2) is 98.6 Å². The van der Waals surface area contributed by atoms with Crippen molar-refractivity contribution in [1.29, 1.82) is 0 Å². The number of fused-ring (bicyclic) bond motifs is 1. The normalized spacial score (nSPS) is 13.4. The number of aliphatic imine (C=N–C) groups is 1. The smallest absolute Gasteiger partial charge is 0.862 e. The van der Waals surface area contributed by atoms with Crippen molar-refractivity contribution >= 4 is 101 Å². The molecule has 69 heavy (non-hydrogen) atoms. The number of azo groups is 1. The fraction of sp³-hybridized carbons (Fsp3) is 0.0857. The Labute approximate surface area is 480 Å². The standard InChI is InChI=1S/C35H31N9O16S5.4Na/c1-19(46)36-28-16-21(8-10-27(28)44-43-22-15-26-25(32(17-22)65(58,59)60)6-3-7-30(26)63(52,53)54)38-34-40-33(37-20-4-2-5-23(14-20)61(47,48)13-12-45)41-35(42-34)39-29-18-24(62(49,50)51)9-11-31(29)64(55,56)57;;;;/h2-11,14-18,45H,12-13H2,1H3,(H,36,46)(H,49,50,51)(H,52,53,54)(H,55,56,57)(H,58,59,60)(H3,37,38,39,40,41,42);;;;/q;4*+1/p-4. The summed E-state index contributed by atoms with van der Waals surface area (Å²) < 4.78 is 167. The van der Waals surface area contributed by atoms with Gasteiger partial charge in [-0.1, -0.05) is 18.2 Å². The van der Waals surface area contributed by atoms with Gasteiger partial charge in [0.25, 0.3) is 10.1 Å². The second-order valence-corrected chi connectivity index (χ2v) is 20.6. The number of hydrogen-bond donors (Lipinski definition) is 5. The van der Waals surface area contributed by atoms with Crippen LogP contribution in [0.2, 0.25) is 0 Å². The zero-order valence-corrected chi connectivity index (χ0v) is 48.5. The summed E-state index contributed by atoms with van der Waals surface area (Å²) in [5, 5.41) is 28.6. The Morgan fingerprint density at radius 1 is 0.536 bits per heavy atom. The van der Waals surface area contributed by atoms with Gasteiger partial charge in [-0.05, 0) is 85.6 Å². The molecule has 0 spiro atoms. The van der Waals surface area contributed by atoms with Crippen molar-refractivity contribution in [3.8, 4) is 0 Å². The maximum absolute atomic E-state index is 12.6. The Balaban J connectivity index is 0.00000408.